The van der Waals surface area contributed by atoms with Gasteiger partial charge in [0.15, 0.2) is 6.61 Å². The Balaban J connectivity index is 1.74. The van der Waals surface area contributed by atoms with Crippen molar-refractivity contribution in [3.63, 3.8) is 0 Å². The van der Waals surface area contributed by atoms with Crippen LogP contribution in [0.3, 0.4) is 0 Å². The molecule has 0 unspecified atom stereocenters. The minimum Gasteiger partial charge on any atom is -0.494 e. The lowest BCUT2D eigenvalue weighted by atomic mass is 10.1. The van der Waals surface area contributed by atoms with Crippen molar-refractivity contribution in [2.24, 2.45) is 0 Å². The maximum absolute atomic E-state index is 12.3. The lowest BCUT2D eigenvalue weighted by Gasteiger charge is -2.07. The molecule has 0 N–H and O–H groups in total. The molecule has 0 radical (unpaired) electrons. The Morgan fingerprint density at radius 2 is 1.92 bits per heavy atom. The molecule has 2 aromatic rings. The Labute approximate surface area is 154 Å². The largest absolute Gasteiger partial charge is 0.494 e. The zero-order valence-corrected chi connectivity index (χ0v) is 15.4. The van der Waals surface area contributed by atoms with Gasteiger partial charge in [-0.25, -0.2) is 0 Å². The minimum absolute atomic E-state index is 0.192. The quantitative estimate of drug-likeness (QED) is 0.281. The van der Waals surface area contributed by atoms with Crippen molar-refractivity contribution in [1.29, 1.82) is 0 Å². The van der Waals surface area contributed by atoms with Gasteiger partial charge in [-0.05, 0) is 38.5 Å². The first-order valence-corrected chi connectivity index (χ1v) is 8.67. The number of rotatable bonds is 10. The molecule has 1 heterocycles. The van der Waals surface area contributed by atoms with Crippen LogP contribution in [0.5, 0.6) is 5.75 Å². The summed E-state index contributed by atoms with van der Waals surface area (Å²) < 4.78 is 12.6. The highest BCUT2D eigenvalue weighted by Gasteiger charge is 2.16. The number of ketones is 1. The first-order chi connectivity index (χ1) is 12.5. The number of nitrogens with zero attached hydrogens (tertiary/aromatic N) is 1. The second-order valence-electron chi connectivity index (χ2n) is 6.03. The fourth-order valence-corrected chi connectivity index (χ4v) is 2.71. The van der Waals surface area contributed by atoms with Crippen LogP contribution in [0.15, 0.2) is 49.1 Å². The number of carbonyl (C=O) groups is 2. The zero-order valence-electron chi connectivity index (χ0n) is 15.4. The van der Waals surface area contributed by atoms with Gasteiger partial charge in [-0.1, -0.05) is 24.3 Å². The summed E-state index contributed by atoms with van der Waals surface area (Å²) in [6.45, 7) is 8.37. The standard InChI is InChI=1S/C21H25NO4/c1-4-12-22-16(2)14-19(17(22)3)20(23)15-26-21(24)11-8-13-25-18-9-6-5-7-10-18/h4-7,9-10,14H,1,8,11-13,15H2,2-3H3. The molecule has 138 valence electrons. The highest BCUT2D eigenvalue weighted by molar-refractivity contribution is 5.99. The SMILES string of the molecule is C=CCn1c(C)cc(C(=O)COC(=O)CCCOc2ccccc2)c1C. The van der Waals surface area contributed by atoms with E-state index in [1.165, 1.54) is 0 Å². The van der Waals surface area contributed by atoms with Crippen molar-refractivity contribution in [3.05, 3.63) is 66.0 Å². The van der Waals surface area contributed by atoms with E-state index < -0.39 is 5.97 Å². The predicted molar refractivity (Wildman–Crippen MR) is 101 cm³/mol. The number of allylic oxidation sites excluding steroid dienone is 1. The van der Waals surface area contributed by atoms with Crippen LogP contribution in [0.1, 0.15) is 34.6 Å². The van der Waals surface area contributed by atoms with Gasteiger partial charge >= 0.3 is 5.97 Å². The molecule has 5 nitrogen and oxygen atoms in total. The monoisotopic (exact) mass is 355 g/mol. The van der Waals surface area contributed by atoms with Crippen LogP contribution < -0.4 is 4.74 Å². The Bertz CT molecular complexity index is 762. The van der Waals surface area contributed by atoms with Crippen LogP contribution in [0, 0.1) is 13.8 Å². The summed E-state index contributed by atoms with van der Waals surface area (Å²) in [5.41, 5.74) is 2.43. The average molecular weight is 355 g/mol. The molecule has 0 saturated heterocycles. The molecule has 1 aromatic heterocycles. The number of aromatic nitrogens is 1. The normalized spacial score (nSPS) is 10.4. The van der Waals surface area contributed by atoms with Gasteiger partial charge in [-0.2, -0.15) is 0 Å². The van der Waals surface area contributed by atoms with E-state index in [0.717, 1.165) is 17.1 Å². The molecule has 0 bridgehead atoms. The predicted octanol–water partition coefficient (Wildman–Crippen LogP) is 3.88. The summed E-state index contributed by atoms with van der Waals surface area (Å²) >= 11 is 0. The van der Waals surface area contributed by atoms with Crippen molar-refractivity contribution in [1.82, 2.24) is 4.57 Å². The van der Waals surface area contributed by atoms with Gasteiger partial charge in [0.05, 0.1) is 6.61 Å². The second-order valence-corrected chi connectivity index (χ2v) is 6.03. The summed E-state index contributed by atoms with van der Waals surface area (Å²) in [6.07, 6.45) is 2.54. The fraction of sp³-hybridized carbons (Fsp3) is 0.333. The molecule has 0 saturated carbocycles. The first-order valence-electron chi connectivity index (χ1n) is 8.67. The van der Waals surface area contributed by atoms with Crippen molar-refractivity contribution < 1.29 is 19.1 Å². The molecule has 26 heavy (non-hydrogen) atoms. The number of Topliss-reactive ketones (excluding diaryl/α,β-unsaturated/α-hetero) is 1. The molecule has 1 aromatic carbocycles. The van der Waals surface area contributed by atoms with Crippen molar-refractivity contribution in [2.45, 2.75) is 33.2 Å². The van der Waals surface area contributed by atoms with Gasteiger partial charge < -0.3 is 14.0 Å². The summed E-state index contributed by atoms with van der Waals surface area (Å²) in [6, 6.07) is 11.2. The molecule has 0 aliphatic carbocycles. The van der Waals surface area contributed by atoms with E-state index >= 15 is 0 Å². The third-order valence-corrected chi connectivity index (χ3v) is 4.09. The number of para-hydroxylation sites is 1. The summed E-state index contributed by atoms with van der Waals surface area (Å²) in [4.78, 5) is 24.1. The van der Waals surface area contributed by atoms with Crippen LogP contribution in [0.25, 0.3) is 0 Å². The number of aryl methyl sites for hydroxylation is 1. The molecular weight excluding hydrogens is 330 g/mol. The number of benzene rings is 1. The van der Waals surface area contributed by atoms with Gasteiger partial charge in [0.2, 0.25) is 5.78 Å². The molecule has 0 aliphatic heterocycles. The van der Waals surface area contributed by atoms with Crippen molar-refractivity contribution >= 4 is 11.8 Å². The van der Waals surface area contributed by atoms with E-state index in [-0.39, 0.29) is 18.8 Å². The Kier molecular flexibility index (Phi) is 7.21. The molecule has 0 fully saturated rings. The van der Waals surface area contributed by atoms with Crippen LogP contribution in [-0.4, -0.2) is 29.5 Å². The van der Waals surface area contributed by atoms with Crippen LogP contribution in [-0.2, 0) is 16.1 Å². The van der Waals surface area contributed by atoms with E-state index in [9.17, 15) is 9.59 Å². The molecule has 0 aliphatic rings. The average Bonchev–Trinajstić information content (AvgIpc) is 2.93. The van der Waals surface area contributed by atoms with E-state index in [1.807, 2.05) is 54.8 Å². The molecule has 2 rings (SSSR count). The minimum atomic E-state index is -0.394. The van der Waals surface area contributed by atoms with Gasteiger partial charge in [0.1, 0.15) is 5.75 Å². The van der Waals surface area contributed by atoms with Crippen molar-refractivity contribution in [3.8, 4) is 5.75 Å². The summed E-state index contributed by atoms with van der Waals surface area (Å²) in [5, 5.41) is 0. The topological polar surface area (TPSA) is 57.5 Å². The summed E-state index contributed by atoms with van der Waals surface area (Å²) in [7, 11) is 0. The number of carbonyl (C=O) groups excluding carboxylic acids is 2. The van der Waals surface area contributed by atoms with Gasteiger partial charge in [0.25, 0.3) is 0 Å². The van der Waals surface area contributed by atoms with Crippen LogP contribution in [0.2, 0.25) is 0 Å². The zero-order chi connectivity index (χ0) is 18.9. The maximum Gasteiger partial charge on any atom is 0.306 e. The number of hydrogen-bond donors (Lipinski definition) is 0. The smallest absolute Gasteiger partial charge is 0.306 e. The molecule has 0 atom stereocenters. The van der Waals surface area contributed by atoms with E-state index in [0.29, 0.717) is 25.1 Å². The van der Waals surface area contributed by atoms with Crippen molar-refractivity contribution in [2.75, 3.05) is 13.2 Å². The Hall–Kier alpha value is -2.82. The van der Waals surface area contributed by atoms with E-state index in [4.69, 9.17) is 9.47 Å². The first kappa shape index (κ1) is 19.5. The van der Waals surface area contributed by atoms with Crippen LogP contribution in [0.4, 0.5) is 0 Å². The van der Waals surface area contributed by atoms with E-state index in [2.05, 4.69) is 6.58 Å². The highest BCUT2D eigenvalue weighted by atomic mass is 16.5. The molecule has 5 heteroatoms. The van der Waals surface area contributed by atoms with Gasteiger partial charge in [-0.3, -0.25) is 9.59 Å². The lowest BCUT2D eigenvalue weighted by molar-refractivity contribution is -0.142. The second kappa shape index (κ2) is 9.61. The number of esters is 1. The highest BCUT2D eigenvalue weighted by Crippen LogP contribution is 2.16. The maximum atomic E-state index is 12.3. The fourth-order valence-electron chi connectivity index (χ4n) is 2.71. The van der Waals surface area contributed by atoms with E-state index in [1.54, 1.807) is 6.08 Å². The molecule has 0 spiro atoms. The molecule has 0 amide bonds. The van der Waals surface area contributed by atoms with Gasteiger partial charge in [0, 0.05) is 29.9 Å². The Morgan fingerprint density at radius 3 is 2.62 bits per heavy atom. The number of hydrogen-bond acceptors (Lipinski definition) is 4. The lowest BCUT2D eigenvalue weighted by Crippen LogP contribution is -2.15. The van der Waals surface area contributed by atoms with Gasteiger partial charge in [-0.15, -0.1) is 6.58 Å². The number of ether oxygens (including phenoxy) is 2. The third kappa shape index (κ3) is 5.34. The third-order valence-electron chi connectivity index (χ3n) is 4.09. The summed E-state index contributed by atoms with van der Waals surface area (Å²) in [5.74, 6) is 0.183. The Morgan fingerprint density at radius 1 is 1.19 bits per heavy atom. The van der Waals surface area contributed by atoms with Crippen LogP contribution >= 0.6 is 0 Å². The molecular formula is C21H25NO4.